The lowest BCUT2D eigenvalue weighted by Gasteiger charge is -2.06. The van der Waals surface area contributed by atoms with Crippen molar-refractivity contribution in [3.63, 3.8) is 0 Å². The molecule has 0 aliphatic rings. The first-order chi connectivity index (χ1) is 8.18. The molecule has 1 N–H and O–H groups in total. The average molecular weight is 235 g/mol. The standard InChI is InChI=1S/C11H17N5O/c1-9(2)7-12-4-6-16-11(17)15-5-3-13-8-10(15)14-16/h3,5,8-9,12H,4,6-7H2,1-2H3. The van der Waals surface area contributed by atoms with Gasteiger partial charge in [0, 0.05) is 18.9 Å². The first kappa shape index (κ1) is 11.8. The molecule has 0 spiro atoms. The van der Waals surface area contributed by atoms with E-state index >= 15 is 0 Å². The largest absolute Gasteiger partial charge is 0.350 e. The van der Waals surface area contributed by atoms with Gasteiger partial charge in [-0.2, -0.15) is 0 Å². The van der Waals surface area contributed by atoms with Gasteiger partial charge in [0.25, 0.3) is 0 Å². The van der Waals surface area contributed by atoms with Crippen molar-refractivity contribution in [2.24, 2.45) is 5.92 Å². The van der Waals surface area contributed by atoms with E-state index in [1.54, 1.807) is 18.6 Å². The van der Waals surface area contributed by atoms with Crippen LogP contribution in [0.15, 0.2) is 23.4 Å². The first-order valence-corrected chi connectivity index (χ1v) is 5.78. The van der Waals surface area contributed by atoms with Gasteiger partial charge >= 0.3 is 5.69 Å². The monoisotopic (exact) mass is 235 g/mol. The zero-order chi connectivity index (χ0) is 12.3. The van der Waals surface area contributed by atoms with Crippen molar-refractivity contribution in [1.82, 2.24) is 24.5 Å². The van der Waals surface area contributed by atoms with E-state index in [4.69, 9.17) is 0 Å². The lowest BCUT2D eigenvalue weighted by molar-refractivity contribution is 0.499. The van der Waals surface area contributed by atoms with Crippen LogP contribution in [0.4, 0.5) is 0 Å². The van der Waals surface area contributed by atoms with Crippen molar-refractivity contribution in [2.45, 2.75) is 20.4 Å². The fourth-order valence-electron chi connectivity index (χ4n) is 1.60. The van der Waals surface area contributed by atoms with Crippen molar-refractivity contribution < 1.29 is 0 Å². The molecule has 92 valence electrons. The van der Waals surface area contributed by atoms with E-state index in [0.29, 0.717) is 18.1 Å². The molecule has 6 nitrogen and oxygen atoms in total. The third kappa shape index (κ3) is 2.71. The van der Waals surface area contributed by atoms with Crippen molar-refractivity contribution in [1.29, 1.82) is 0 Å². The quantitative estimate of drug-likeness (QED) is 0.749. The number of rotatable bonds is 5. The maximum Gasteiger partial charge on any atom is 0.350 e. The highest BCUT2D eigenvalue weighted by atomic mass is 16.2. The molecule has 6 heteroatoms. The van der Waals surface area contributed by atoms with Crippen molar-refractivity contribution >= 4 is 5.65 Å². The molecular weight excluding hydrogens is 218 g/mol. The number of aromatic nitrogens is 4. The van der Waals surface area contributed by atoms with Crippen LogP contribution in [0.25, 0.3) is 5.65 Å². The molecule has 17 heavy (non-hydrogen) atoms. The Kier molecular flexibility index (Phi) is 3.53. The number of fused-ring (bicyclic) bond motifs is 1. The van der Waals surface area contributed by atoms with Gasteiger partial charge in [-0.15, -0.1) is 5.10 Å². The molecule has 0 radical (unpaired) electrons. The van der Waals surface area contributed by atoms with Crippen LogP contribution in [0.5, 0.6) is 0 Å². The Balaban J connectivity index is 2.04. The molecule has 0 amide bonds. The highest BCUT2D eigenvalue weighted by molar-refractivity contribution is 5.31. The van der Waals surface area contributed by atoms with E-state index in [1.165, 1.54) is 9.08 Å². The normalized spacial score (nSPS) is 11.5. The Labute approximate surface area is 99.3 Å². The summed E-state index contributed by atoms with van der Waals surface area (Å²) in [5, 5.41) is 7.47. The van der Waals surface area contributed by atoms with E-state index in [1.807, 2.05) is 0 Å². The molecule has 2 aromatic heterocycles. The van der Waals surface area contributed by atoms with Crippen LogP contribution in [0, 0.1) is 5.92 Å². The van der Waals surface area contributed by atoms with Crippen LogP contribution in [-0.2, 0) is 6.54 Å². The van der Waals surface area contributed by atoms with Gasteiger partial charge in [0.1, 0.15) is 0 Å². The van der Waals surface area contributed by atoms with Crippen molar-refractivity contribution in [3.05, 3.63) is 29.1 Å². The van der Waals surface area contributed by atoms with Crippen LogP contribution in [0.2, 0.25) is 0 Å². The van der Waals surface area contributed by atoms with E-state index in [-0.39, 0.29) is 5.69 Å². The van der Waals surface area contributed by atoms with Gasteiger partial charge in [-0.25, -0.2) is 13.9 Å². The van der Waals surface area contributed by atoms with Crippen LogP contribution < -0.4 is 11.0 Å². The number of nitrogens with zero attached hydrogens (tertiary/aromatic N) is 4. The topological polar surface area (TPSA) is 64.2 Å². The van der Waals surface area contributed by atoms with E-state index < -0.39 is 0 Å². The second-order valence-electron chi connectivity index (χ2n) is 4.41. The SMILES string of the molecule is CC(C)CNCCn1nc2cnccn2c1=O. The molecule has 2 aromatic rings. The molecule has 0 aromatic carbocycles. The Bertz CT molecular complexity index is 542. The van der Waals surface area contributed by atoms with Gasteiger partial charge in [-0.3, -0.25) is 4.98 Å². The van der Waals surface area contributed by atoms with Crippen molar-refractivity contribution in [3.8, 4) is 0 Å². The highest BCUT2D eigenvalue weighted by Crippen LogP contribution is 1.92. The summed E-state index contributed by atoms with van der Waals surface area (Å²) in [6.07, 6.45) is 4.79. The smallest absolute Gasteiger partial charge is 0.315 e. The minimum atomic E-state index is -0.117. The molecule has 2 heterocycles. The minimum absolute atomic E-state index is 0.117. The summed E-state index contributed by atoms with van der Waals surface area (Å²) in [7, 11) is 0. The molecule has 0 aliphatic heterocycles. The van der Waals surface area contributed by atoms with Gasteiger partial charge in [0.05, 0.1) is 12.7 Å². The van der Waals surface area contributed by atoms with Crippen LogP contribution in [0.1, 0.15) is 13.8 Å². The summed E-state index contributed by atoms with van der Waals surface area (Å²) in [5.74, 6) is 0.608. The summed E-state index contributed by atoms with van der Waals surface area (Å²) in [4.78, 5) is 15.8. The molecule has 0 saturated carbocycles. The Hall–Kier alpha value is -1.69. The third-order valence-corrected chi connectivity index (χ3v) is 2.44. The molecule has 2 rings (SSSR count). The number of hydrogen-bond acceptors (Lipinski definition) is 4. The molecule has 0 unspecified atom stereocenters. The van der Waals surface area contributed by atoms with Gasteiger partial charge in [-0.05, 0) is 12.5 Å². The molecule has 0 fully saturated rings. The van der Waals surface area contributed by atoms with Crippen molar-refractivity contribution in [2.75, 3.05) is 13.1 Å². The fourth-order valence-corrected chi connectivity index (χ4v) is 1.60. The fraction of sp³-hybridized carbons (Fsp3) is 0.545. The summed E-state index contributed by atoms with van der Waals surface area (Å²) in [5.41, 5.74) is 0.468. The molecular formula is C11H17N5O. The predicted octanol–water partition coefficient (Wildman–Crippen LogP) is 0.137. The lowest BCUT2D eigenvalue weighted by Crippen LogP contribution is -2.29. The number of nitrogens with one attached hydrogen (secondary N) is 1. The first-order valence-electron chi connectivity index (χ1n) is 5.78. The molecule has 0 saturated heterocycles. The summed E-state index contributed by atoms with van der Waals surface area (Å²) in [6.45, 7) is 6.57. The van der Waals surface area contributed by atoms with E-state index in [9.17, 15) is 4.79 Å². The Morgan fingerprint density at radius 2 is 2.29 bits per heavy atom. The third-order valence-electron chi connectivity index (χ3n) is 2.44. The van der Waals surface area contributed by atoms with Crippen LogP contribution in [0.3, 0.4) is 0 Å². The summed E-state index contributed by atoms with van der Waals surface area (Å²) in [6, 6.07) is 0. The number of hydrogen-bond donors (Lipinski definition) is 1. The second-order valence-corrected chi connectivity index (χ2v) is 4.41. The van der Waals surface area contributed by atoms with Gasteiger partial charge in [0.15, 0.2) is 5.65 Å². The molecule has 0 bridgehead atoms. The Morgan fingerprint density at radius 3 is 3.00 bits per heavy atom. The Morgan fingerprint density at radius 1 is 1.47 bits per heavy atom. The summed E-state index contributed by atoms with van der Waals surface area (Å²) < 4.78 is 2.96. The van der Waals surface area contributed by atoms with Crippen LogP contribution >= 0.6 is 0 Å². The molecule has 0 aliphatic carbocycles. The minimum Gasteiger partial charge on any atom is -0.315 e. The molecule has 0 atom stereocenters. The zero-order valence-electron chi connectivity index (χ0n) is 10.1. The lowest BCUT2D eigenvalue weighted by atomic mass is 10.2. The van der Waals surface area contributed by atoms with Gasteiger partial charge in [-0.1, -0.05) is 13.8 Å². The van der Waals surface area contributed by atoms with E-state index in [2.05, 4.69) is 29.2 Å². The average Bonchev–Trinajstić information content (AvgIpc) is 2.63. The predicted molar refractivity (Wildman–Crippen MR) is 65.0 cm³/mol. The van der Waals surface area contributed by atoms with E-state index in [0.717, 1.165) is 13.1 Å². The van der Waals surface area contributed by atoms with Gasteiger partial charge < -0.3 is 5.32 Å². The maximum absolute atomic E-state index is 11.9. The maximum atomic E-state index is 11.9. The zero-order valence-corrected chi connectivity index (χ0v) is 10.1. The summed E-state index contributed by atoms with van der Waals surface area (Å²) >= 11 is 0. The second kappa shape index (κ2) is 5.09. The van der Waals surface area contributed by atoms with Gasteiger partial charge in [0.2, 0.25) is 0 Å². The highest BCUT2D eigenvalue weighted by Gasteiger charge is 2.05. The van der Waals surface area contributed by atoms with Crippen LogP contribution in [-0.4, -0.2) is 32.3 Å².